The quantitative estimate of drug-likeness (QED) is 0.717. The normalized spacial score (nSPS) is 14.0. The van der Waals surface area contributed by atoms with Crippen molar-refractivity contribution in [2.45, 2.75) is 46.1 Å². The third-order valence-electron chi connectivity index (χ3n) is 3.42. The van der Waals surface area contributed by atoms with Crippen LogP contribution < -0.4 is 0 Å². The van der Waals surface area contributed by atoms with E-state index in [0.717, 1.165) is 5.56 Å². The van der Waals surface area contributed by atoms with Crippen LogP contribution in [0.4, 0.5) is 4.39 Å². The zero-order valence-corrected chi connectivity index (χ0v) is 10.7. The maximum absolute atomic E-state index is 13.1. The molecular formula is C15H20FN. The van der Waals surface area contributed by atoms with Crippen LogP contribution in [0.25, 0.3) is 0 Å². The molecule has 92 valence electrons. The molecule has 1 aliphatic rings. The van der Waals surface area contributed by atoms with E-state index in [1.54, 1.807) is 12.1 Å². The second kappa shape index (κ2) is 5.44. The maximum atomic E-state index is 13.1. The highest BCUT2D eigenvalue weighted by Crippen LogP contribution is 2.28. The highest BCUT2D eigenvalue weighted by atomic mass is 19.1. The molecule has 0 N–H and O–H groups in total. The molecule has 0 amide bonds. The van der Waals surface area contributed by atoms with Gasteiger partial charge in [0, 0.05) is 17.2 Å². The highest BCUT2D eigenvalue weighted by Gasteiger charge is 2.23. The van der Waals surface area contributed by atoms with Crippen molar-refractivity contribution in [1.29, 1.82) is 0 Å². The van der Waals surface area contributed by atoms with Gasteiger partial charge in [0.05, 0.1) is 6.54 Å². The number of hydrogen-bond acceptors (Lipinski definition) is 1. The van der Waals surface area contributed by atoms with Gasteiger partial charge in [-0.3, -0.25) is 4.99 Å². The van der Waals surface area contributed by atoms with Gasteiger partial charge in [0.1, 0.15) is 5.82 Å². The lowest BCUT2D eigenvalue weighted by Gasteiger charge is -2.16. The van der Waals surface area contributed by atoms with Gasteiger partial charge in [-0.15, -0.1) is 0 Å². The largest absolute Gasteiger partial charge is 0.284 e. The van der Waals surface area contributed by atoms with E-state index in [1.165, 1.54) is 37.0 Å². The molecule has 1 nitrogen and oxygen atoms in total. The van der Waals surface area contributed by atoms with Crippen LogP contribution in [0, 0.1) is 11.7 Å². The van der Waals surface area contributed by atoms with E-state index in [-0.39, 0.29) is 5.82 Å². The van der Waals surface area contributed by atoms with Crippen LogP contribution in [0.5, 0.6) is 0 Å². The first kappa shape index (κ1) is 12.3. The van der Waals surface area contributed by atoms with Gasteiger partial charge in [0.2, 0.25) is 0 Å². The smallest absolute Gasteiger partial charge is 0.123 e. The first-order valence-electron chi connectivity index (χ1n) is 6.59. The molecule has 0 aromatic heterocycles. The molecule has 1 aromatic rings. The fraction of sp³-hybridized carbons (Fsp3) is 0.533. The molecule has 0 atom stereocenters. The molecule has 2 heteroatoms. The minimum atomic E-state index is -0.150. The van der Waals surface area contributed by atoms with E-state index < -0.39 is 0 Å². The number of hydrogen-bond donors (Lipinski definition) is 0. The predicted molar refractivity (Wildman–Crippen MR) is 69.9 cm³/mol. The van der Waals surface area contributed by atoms with Crippen LogP contribution in [0.2, 0.25) is 0 Å². The molecule has 0 unspecified atom stereocenters. The molecular weight excluding hydrogens is 213 g/mol. The number of fused-ring (bicyclic) bond motifs is 1. The van der Waals surface area contributed by atoms with Crippen molar-refractivity contribution in [1.82, 2.24) is 0 Å². The van der Waals surface area contributed by atoms with Crippen molar-refractivity contribution < 1.29 is 4.39 Å². The van der Waals surface area contributed by atoms with Crippen LogP contribution in [0.15, 0.2) is 23.2 Å². The molecule has 1 aliphatic heterocycles. The molecule has 0 saturated heterocycles. The standard InChI is InChI=1S/C15H20FN/c1-3-5-11(6-4-2)15-14-8-7-13(16)9-12(14)10-17-15/h7-9,11H,3-6,10H2,1-2H3. The summed E-state index contributed by atoms with van der Waals surface area (Å²) in [7, 11) is 0. The van der Waals surface area contributed by atoms with Crippen LogP contribution in [0.3, 0.4) is 0 Å². The molecule has 0 spiro atoms. The number of rotatable bonds is 5. The van der Waals surface area contributed by atoms with Gasteiger partial charge in [-0.2, -0.15) is 0 Å². The van der Waals surface area contributed by atoms with Crippen molar-refractivity contribution in [2.75, 3.05) is 0 Å². The van der Waals surface area contributed by atoms with E-state index in [2.05, 4.69) is 18.8 Å². The number of benzene rings is 1. The van der Waals surface area contributed by atoms with Gasteiger partial charge in [0.15, 0.2) is 0 Å². The molecule has 0 bridgehead atoms. The summed E-state index contributed by atoms with van der Waals surface area (Å²) in [4.78, 5) is 4.63. The SMILES string of the molecule is CCCC(CCC)C1=NCc2cc(F)ccc21. The lowest BCUT2D eigenvalue weighted by molar-refractivity contribution is 0.559. The first-order valence-corrected chi connectivity index (χ1v) is 6.59. The monoisotopic (exact) mass is 233 g/mol. The summed E-state index contributed by atoms with van der Waals surface area (Å²) in [6.45, 7) is 5.08. The molecule has 1 heterocycles. The van der Waals surface area contributed by atoms with Crippen molar-refractivity contribution >= 4 is 5.71 Å². The molecule has 0 radical (unpaired) electrons. The summed E-state index contributed by atoms with van der Waals surface area (Å²) < 4.78 is 13.1. The number of nitrogens with zero attached hydrogens (tertiary/aromatic N) is 1. The Balaban J connectivity index is 2.24. The maximum Gasteiger partial charge on any atom is 0.123 e. The zero-order chi connectivity index (χ0) is 12.3. The fourth-order valence-electron chi connectivity index (χ4n) is 2.66. The Hall–Kier alpha value is -1.18. The van der Waals surface area contributed by atoms with Gasteiger partial charge in [-0.25, -0.2) is 4.39 Å². The topological polar surface area (TPSA) is 12.4 Å². The van der Waals surface area contributed by atoms with Crippen LogP contribution in [-0.4, -0.2) is 5.71 Å². The lowest BCUT2D eigenvalue weighted by Crippen LogP contribution is -2.14. The summed E-state index contributed by atoms with van der Waals surface area (Å²) >= 11 is 0. The average Bonchev–Trinajstić information content (AvgIpc) is 2.71. The number of aliphatic imine (C=N–C) groups is 1. The second-order valence-electron chi connectivity index (χ2n) is 4.78. The Bertz CT molecular complexity index is 417. The van der Waals surface area contributed by atoms with E-state index in [9.17, 15) is 4.39 Å². The van der Waals surface area contributed by atoms with Crippen LogP contribution in [-0.2, 0) is 6.54 Å². The second-order valence-corrected chi connectivity index (χ2v) is 4.78. The highest BCUT2D eigenvalue weighted by molar-refractivity contribution is 6.05. The summed E-state index contributed by atoms with van der Waals surface area (Å²) in [6, 6.07) is 5.07. The minimum absolute atomic E-state index is 0.150. The van der Waals surface area contributed by atoms with Gasteiger partial charge in [0.25, 0.3) is 0 Å². The molecule has 0 saturated carbocycles. The molecule has 0 aliphatic carbocycles. The van der Waals surface area contributed by atoms with Crippen LogP contribution in [0.1, 0.15) is 50.7 Å². The Labute approximate surface area is 103 Å². The predicted octanol–water partition coefficient (Wildman–Crippen LogP) is 4.34. The van der Waals surface area contributed by atoms with E-state index >= 15 is 0 Å². The molecule has 2 rings (SSSR count). The van der Waals surface area contributed by atoms with E-state index in [1.807, 2.05) is 6.07 Å². The minimum Gasteiger partial charge on any atom is -0.284 e. The van der Waals surface area contributed by atoms with Crippen molar-refractivity contribution in [2.24, 2.45) is 10.9 Å². The third kappa shape index (κ3) is 2.56. The third-order valence-corrected chi connectivity index (χ3v) is 3.42. The van der Waals surface area contributed by atoms with Crippen LogP contribution >= 0.6 is 0 Å². The molecule has 17 heavy (non-hydrogen) atoms. The summed E-state index contributed by atoms with van der Waals surface area (Å²) in [5.74, 6) is 0.402. The molecule has 1 aromatic carbocycles. The van der Waals surface area contributed by atoms with E-state index in [0.29, 0.717) is 12.5 Å². The number of halogens is 1. The summed E-state index contributed by atoms with van der Waals surface area (Å²) in [6.07, 6.45) is 4.73. The Morgan fingerprint density at radius 2 is 1.94 bits per heavy atom. The van der Waals surface area contributed by atoms with Gasteiger partial charge in [-0.05, 0) is 36.6 Å². The lowest BCUT2D eigenvalue weighted by atomic mass is 9.88. The molecule has 0 fully saturated rings. The zero-order valence-electron chi connectivity index (χ0n) is 10.7. The first-order chi connectivity index (χ1) is 8.26. The van der Waals surface area contributed by atoms with Gasteiger partial charge < -0.3 is 0 Å². The Kier molecular flexibility index (Phi) is 3.93. The fourth-order valence-corrected chi connectivity index (χ4v) is 2.66. The Morgan fingerprint density at radius 3 is 2.59 bits per heavy atom. The van der Waals surface area contributed by atoms with Gasteiger partial charge in [-0.1, -0.05) is 26.7 Å². The van der Waals surface area contributed by atoms with Crippen molar-refractivity contribution in [3.8, 4) is 0 Å². The van der Waals surface area contributed by atoms with Gasteiger partial charge >= 0.3 is 0 Å². The van der Waals surface area contributed by atoms with E-state index in [4.69, 9.17) is 0 Å². The Morgan fingerprint density at radius 1 is 1.24 bits per heavy atom. The van der Waals surface area contributed by atoms with Crippen molar-refractivity contribution in [3.05, 3.63) is 35.1 Å². The summed E-state index contributed by atoms with van der Waals surface area (Å²) in [5.41, 5.74) is 3.44. The van der Waals surface area contributed by atoms with Crippen molar-refractivity contribution in [3.63, 3.8) is 0 Å². The average molecular weight is 233 g/mol. The summed E-state index contributed by atoms with van der Waals surface area (Å²) in [5, 5.41) is 0.